The van der Waals surface area contributed by atoms with Gasteiger partial charge in [0.25, 0.3) is 5.56 Å². The van der Waals surface area contributed by atoms with Crippen LogP contribution < -0.4 is 21.5 Å². The molecular weight excluding hydrogens is 613 g/mol. The van der Waals surface area contributed by atoms with Gasteiger partial charge < -0.3 is 15.1 Å². The van der Waals surface area contributed by atoms with E-state index < -0.39 is 5.69 Å². The summed E-state index contributed by atoms with van der Waals surface area (Å²) in [5, 5.41) is 4.81. The molecule has 1 fully saturated rings. The van der Waals surface area contributed by atoms with Gasteiger partial charge in [0.2, 0.25) is 5.95 Å². The van der Waals surface area contributed by atoms with E-state index in [9.17, 15) is 9.59 Å². The highest BCUT2D eigenvalue weighted by atomic mass is 79.9. The number of aromatic nitrogens is 4. The van der Waals surface area contributed by atoms with Crippen molar-refractivity contribution in [2.75, 3.05) is 36.4 Å². The first-order valence-electron chi connectivity index (χ1n) is 11.8. The number of nitrogens with one attached hydrogen (secondary N) is 1. The molecule has 13 heteroatoms. The Morgan fingerprint density at radius 2 is 1.71 bits per heavy atom. The maximum absolute atomic E-state index is 13.2. The summed E-state index contributed by atoms with van der Waals surface area (Å²) in [5.41, 5.74) is 1.67. The molecule has 9 nitrogen and oxygen atoms in total. The molecule has 198 valence electrons. The van der Waals surface area contributed by atoms with Crippen molar-refractivity contribution in [1.29, 1.82) is 0 Å². The Labute approximate surface area is 242 Å². The minimum Gasteiger partial charge on any atom is -0.345 e. The molecule has 0 aliphatic carbocycles. The van der Waals surface area contributed by atoms with Gasteiger partial charge in [-0.2, -0.15) is 4.98 Å². The third-order valence-corrected chi connectivity index (χ3v) is 8.04. The van der Waals surface area contributed by atoms with Crippen LogP contribution in [0.1, 0.15) is 5.56 Å². The summed E-state index contributed by atoms with van der Waals surface area (Å²) in [6.07, 6.45) is 0. The van der Waals surface area contributed by atoms with Gasteiger partial charge in [-0.05, 0) is 48.1 Å². The SMILES string of the molecule is Cn1c(=O)c2c(nc(N3CCN(C(=S)Nc4ccc(Cl)cc4Cl)CC3)n2Cc2ccc(Br)cc2)n(C)c1=O. The largest absolute Gasteiger partial charge is 0.345 e. The zero-order valence-corrected chi connectivity index (χ0v) is 24.5. The number of imidazole rings is 1. The summed E-state index contributed by atoms with van der Waals surface area (Å²) in [7, 11) is 3.12. The third-order valence-electron chi connectivity index (χ3n) is 6.60. The van der Waals surface area contributed by atoms with Gasteiger partial charge in [-0.25, -0.2) is 4.79 Å². The van der Waals surface area contributed by atoms with Gasteiger partial charge in [0.05, 0.1) is 17.3 Å². The van der Waals surface area contributed by atoms with Crippen LogP contribution in [0.4, 0.5) is 11.6 Å². The molecular formula is C25H24BrCl2N7O2S. The van der Waals surface area contributed by atoms with E-state index in [1.807, 2.05) is 28.8 Å². The van der Waals surface area contributed by atoms with Crippen molar-refractivity contribution in [1.82, 2.24) is 23.6 Å². The van der Waals surface area contributed by atoms with Crippen LogP contribution in [0.5, 0.6) is 0 Å². The average Bonchev–Trinajstić information content (AvgIpc) is 3.28. The summed E-state index contributed by atoms with van der Waals surface area (Å²) in [5.74, 6) is 0.639. The van der Waals surface area contributed by atoms with E-state index >= 15 is 0 Å². The molecule has 2 aromatic heterocycles. The summed E-state index contributed by atoms with van der Waals surface area (Å²) in [6, 6.07) is 13.1. The predicted molar refractivity (Wildman–Crippen MR) is 160 cm³/mol. The molecule has 0 bridgehead atoms. The van der Waals surface area contributed by atoms with E-state index in [1.54, 1.807) is 25.2 Å². The highest BCUT2D eigenvalue weighted by Crippen LogP contribution is 2.27. The average molecular weight is 637 g/mol. The number of hydrogen-bond acceptors (Lipinski definition) is 5. The molecule has 0 unspecified atom stereocenters. The van der Waals surface area contributed by atoms with Crippen LogP contribution in [0.2, 0.25) is 10.0 Å². The first-order valence-corrected chi connectivity index (χ1v) is 13.8. The number of nitrogens with zero attached hydrogens (tertiary/aromatic N) is 6. The van der Waals surface area contributed by atoms with Crippen LogP contribution in [-0.4, -0.2) is 54.9 Å². The van der Waals surface area contributed by atoms with Gasteiger partial charge in [-0.15, -0.1) is 0 Å². The molecule has 0 amide bonds. The number of halogens is 3. The van der Waals surface area contributed by atoms with Crippen molar-refractivity contribution < 1.29 is 0 Å². The van der Waals surface area contributed by atoms with Gasteiger partial charge in [-0.1, -0.05) is 51.3 Å². The lowest BCUT2D eigenvalue weighted by Gasteiger charge is -2.37. The lowest BCUT2D eigenvalue weighted by atomic mass is 10.2. The molecule has 1 aliphatic rings. The molecule has 0 spiro atoms. The zero-order valence-electron chi connectivity index (χ0n) is 20.6. The highest BCUT2D eigenvalue weighted by molar-refractivity contribution is 9.10. The van der Waals surface area contributed by atoms with E-state index in [1.165, 1.54) is 11.6 Å². The van der Waals surface area contributed by atoms with Gasteiger partial charge in [-0.3, -0.25) is 18.5 Å². The maximum atomic E-state index is 13.2. The normalized spacial score (nSPS) is 13.8. The lowest BCUT2D eigenvalue weighted by molar-refractivity contribution is 0.386. The second-order valence-corrected chi connectivity index (χ2v) is 11.2. The van der Waals surface area contributed by atoms with Crippen molar-refractivity contribution in [2.45, 2.75) is 6.54 Å². The Morgan fingerprint density at radius 1 is 1.03 bits per heavy atom. The first kappa shape index (κ1) is 26.7. The summed E-state index contributed by atoms with van der Waals surface area (Å²) < 4.78 is 5.41. The van der Waals surface area contributed by atoms with Crippen molar-refractivity contribution in [3.05, 3.63) is 83.4 Å². The topological polar surface area (TPSA) is 80.3 Å². The quantitative estimate of drug-likeness (QED) is 0.338. The number of piperazine rings is 1. The van der Waals surface area contributed by atoms with E-state index in [-0.39, 0.29) is 5.56 Å². The van der Waals surface area contributed by atoms with Crippen LogP contribution in [0.25, 0.3) is 11.2 Å². The monoisotopic (exact) mass is 635 g/mol. The number of hydrogen-bond donors (Lipinski definition) is 1. The van der Waals surface area contributed by atoms with Crippen molar-refractivity contribution in [3.8, 4) is 0 Å². The maximum Gasteiger partial charge on any atom is 0.332 e. The van der Waals surface area contributed by atoms with Crippen LogP contribution in [0.3, 0.4) is 0 Å². The molecule has 0 saturated carbocycles. The van der Waals surface area contributed by atoms with Crippen LogP contribution in [0, 0.1) is 0 Å². The molecule has 0 atom stereocenters. The molecule has 0 radical (unpaired) electrons. The van der Waals surface area contributed by atoms with Crippen molar-refractivity contribution in [2.24, 2.45) is 14.1 Å². The van der Waals surface area contributed by atoms with E-state index in [4.69, 9.17) is 40.4 Å². The number of fused-ring (bicyclic) bond motifs is 1. The Bertz CT molecular complexity index is 1660. The minimum absolute atomic E-state index is 0.363. The van der Waals surface area contributed by atoms with Crippen LogP contribution in [0.15, 0.2) is 56.5 Å². The smallest absolute Gasteiger partial charge is 0.332 e. The molecule has 3 heterocycles. The Morgan fingerprint density at radius 3 is 2.37 bits per heavy atom. The van der Waals surface area contributed by atoms with Crippen LogP contribution >= 0.6 is 51.3 Å². The Hall–Kier alpha value is -2.86. The number of thiocarbonyl (C=S) groups is 1. The molecule has 38 heavy (non-hydrogen) atoms. The third kappa shape index (κ3) is 5.07. The van der Waals surface area contributed by atoms with Crippen molar-refractivity contribution in [3.63, 3.8) is 0 Å². The lowest BCUT2D eigenvalue weighted by Crippen LogP contribution is -2.50. The molecule has 4 aromatic rings. The molecule has 1 N–H and O–H groups in total. The first-order chi connectivity index (χ1) is 18.1. The van der Waals surface area contributed by atoms with Gasteiger partial charge in [0.15, 0.2) is 16.3 Å². The summed E-state index contributed by atoms with van der Waals surface area (Å²) in [4.78, 5) is 34.8. The highest BCUT2D eigenvalue weighted by Gasteiger charge is 2.26. The summed E-state index contributed by atoms with van der Waals surface area (Å²) >= 11 is 21.4. The fourth-order valence-corrected chi connectivity index (χ4v) is 5.51. The fraction of sp³-hybridized carbons (Fsp3) is 0.280. The van der Waals surface area contributed by atoms with Gasteiger partial charge >= 0.3 is 5.69 Å². The Kier molecular flexibility index (Phi) is 7.54. The second-order valence-electron chi connectivity index (χ2n) is 9.03. The standard InChI is InChI=1S/C25H24BrCl2N7O2S/c1-31-21-20(22(36)32(2)25(31)37)35(14-15-3-5-16(26)6-4-15)23(30-21)33-9-11-34(12-10-33)24(38)29-19-8-7-17(27)13-18(19)28/h3-8,13H,9-12,14H2,1-2H3,(H,29,38). The van der Waals surface area contributed by atoms with E-state index in [0.717, 1.165) is 14.6 Å². The fourth-order valence-electron chi connectivity index (χ4n) is 4.49. The number of anilines is 2. The molecule has 1 aliphatic heterocycles. The minimum atomic E-state index is -0.413. The number of benzene rings is 2. The predicted octanol–water partition coefficient (Wildman–Crippen LogP) is 4.07. The second kappa shape index (κ2) is 10.7. The molecule has 5 rings (SSSR count). The molecule has 1 saturated heterocycles. The Balaban J connectivity index is 1.44. The number of aryl methyl sites for hydroxylation is 1. The molecule has 2 aromatic carbocycles. The van der Waals surface area contributed by atoms with Crippen molar-refractivity contribution >= 4 is 79.3 Å². The zero-order chi connectivity index (χ0) is 27.1. The number of rotatable bonds is 4. The van der Waals surface area contributed by atoms with E-state index in [0.29, 0.717) is 70.7 Å². The van der Waals surface area contributed by atoms with E-state index in [2.05, 4.69) is 31.0 Å². The van der Waals surface area contributed by atoms with Gasteiger partial charge in [0, 0.05) is 49.8 Å². The van der Waals surface area contributed by atoms with Crippen LogP contribution in [-0.2, 0) is 20.6 Å². The summed E-state index contributed by atoms with van der Waals surface area (Å²) in [6.45, 7) is 2.94. The van der Waals surface area contributed by atoms with Gasteiger partial charge in [0.1, 0.15) is 0 Å².